The average molecular weight is 212 g/mol. The van der Waals surface area contributed by atoms with Crippen LogP contribution >= 0.6 is 0 Å². The molecule has 3 heteroatoms. The van der Waals surface area contributed by atoms with Gasteiger partial charge in [-0.3, -0.25) is 4.79 Å². The lowest BCUT2D eigenvalue weighted by molar-refractivity contribution is -0.125. The molecule has 0 bridgehead atoms. The van der Waals surface area contributed by atoms with Gasteiger partial charge < -0.3 is 10.6 Å². The van der Waals surface area contributed by atoms with E-state index in [1.54, 1.807) is 0 Å². The van der Waals surface area contributed by atoms with E-state index in [0.29, 0.717) is 6.04 Å². The fraction of sp³-hybridized carbons (Fsp3) is 0.917. The molecule has 1 rings (SSSR count). The molecule has 1 amide bonds. The SMILES string of the molecule is CCC(CNC)C(=O)NC1CCCCC1. The van der Waals surface area contributed by atoms with Crippen molar-refractivity contribution in [3.8, 4) is 0 Å². The van der Waals surface area contributed by atoms with Crippen LogP contribution < -0.4 is 10.6 Å². The highest BCUT2D eigenvalue weighted by atomic mass is 16.1. The second-order valence-corrected chi connectivity index (χ2v) is 4.51. The molecule has 0 aliphatic heterocycles. The normalized spacial score (nSPS) is 19.9. The Hall–Kier alpha value is -0.570. The Morgan fingerprint density at radius 3 is 2.53 bits per heavy atom. The predicted molar refractivity (Wildman–Crippen MR) is 62.7 cm³/mol. The number of hydrogen-bond donors (Lipinski definition) is 2. The standard InChI is InChI=1S/C12H24N2O/c1-3-10(9-13-2)12(15)14-11-7-5-4-6-8-11/h10-11,13H,3-9H2,1-2H3,(H,14,15). The largest absolute Gasteiger partial charge is 0.353 e. The van der Waals surface area contributed by atoms with Crippen molar-refractivity contribution in [3.63, 3.8) is 0 Å². The van der Waals surface area contributed by atoms with Crippen LogP contribution in [-0.2, 0) is 4.79 Å². The molecule has 0 heterocycles. The van der Waals surface area contributed by atoms with Crippen molar-refractivity contribution in [2.45, 2.75) is 51.5 Å². The van der Waals surface area contributed by atoms with Crippen molar-refractivity contribution in [2.24, 2.45) is 5.92 Å². The first-order valence-corrected chi connectivity index (χ1v) is 6.23. The highest BCUT2D eigenvalue weighted by Crippen LogP contribution is 2.17. The molecule has 0 spiro atoms. The lowest BCUT2D eigenvalue weighted by Gasteiger charge is -2.25. The van der Waals surface area contributed by atoms with Crippen LogP contribution in [0.2, 0.25) is 0 Å². The summed E-state index contributed by atoms with van der Waals surface area (Å²) in [5, 5.41) is 6.25. The van der Waals surface area contributed by atoms with Crippen molar-refractivity contribution in [2.75, 3.05) is 13.6 Å². The van der Waals surface area contributed by atoms with E-state index in [-0.39, 0.29) is 11.8 Å². The van der Waals surface area contributed by atoms with E-state index in [1.807, 2.05) is 7.05 Å². The third-order valence-corrected chi connectivity index (χ3v) is 3.27. The van der Waals surface area contributed by atoms with Crippen LogP contribution in [0.4, 0.5) is 0 Å². The molecule has 0 saturated heterocycles. The van der Waals surface area contributed by atoms with Crippen molar-refractivity contribution in [1.82, 2.24) is 10.6 Å². The summed E-state index contributed by atoms with van der Waals surface area (Å²) in [5.41, 5.74) is 0. The van der Waals surface area contributed by atoms with E-state index in [0.717, 1.165) is 13.0 Å². The molecular formula is C12H24N2O. The zero-order valence-corrected chi connectivity index (χ0v) is 10.0. The summed E-state index contributed by atoms with van der Waals surface area (Å²) >= 11 is 0. The van der Waals surface area contributed by atoms with Gasteiger partial charge in [-0.25, -0.2) is 0 Å². The van der Waals surface area contributed by atoms with Crippen LogP contribution in [-0.4, -0.2) is 25.5 Å². The van der Waals surface area contributed by atoms with E-state index in [9.17, 15) is 4.79 Å². The number of carbonyl (C=O) groups excluding carboxylic acids is 1. The fourth-order valence-electron chi connectivity index (χ4n) is 2.23. The van der Waals surface area contributed by atoms with Crippen molar-refractivity contribution in [3.05, 3.63) is 0 Å². The number of nitrogens with one attached hydrogen (secondary N) is 2. The lowest BCUT2D eigenvalue weighted by atomic mass is 9.94. The second-order valence-electron chi connectivity index (χ2n) is 4.51. The molecule has 15 heavy (non-hydrogen) atoms. The van der Waals surface area contributed by atoms with Crippen LogP contribution in [0.3, 0.4) is 0 Å². The van der Waals surface area contributed by atoms with Gasteiger partial charge in [-0.05, 0) is 26.3 Å². The van der Waals surface area contributed by atoms with E-state index in [4.69, 9.17) is 0 Å². The number of carbonyl (C=O) groups is 1. The smallest absolute Gasteiger partial charge is 0.224 e. The van der Waals surface area contributed by atoms with Crippen LogP contribution in [0.15, 0.2) is 0 Å². The predicted octanol–water partition coefficient (Wildman–Crippen LogP) is 1.68. The third kappa shape index (κ3) is 4.20. The molecule has 1 saturated carbocycles. The Morgan fingerprint density at radius 1 is 1.33 bits per heavy atom. The summed E-state index contributed by atoms with van der Waals surface area (Å²) in [4.78, 5) is 11.9. The molecule has 1 unspecified atom stereocenters. The highest BCUT2D eigenvalue weighted by molar-refractivity contribution is 5.79. The molecule has 0 aromatic carbocycles. The van der Waals surface area contributed by atoms with E-state index in [2.05, 4.69) is 17.6 Å². The minimum absolute atomic E-state index is 0.136. The van der Waals surface area contributed by atoms with Gasteiger partial charge in [0.25, 0.3) is 0 Å². The summed E-state index contributed by atoms with van der Waals surface area (Å²) in [5.74, 6) is 0.371. The molecule has 1 aliphatic rings. The molecule has 0 aromatic rings. The van der Waals surface area contributed by atoms with Gasteiger partial charge in [0.05, 0.1) is 5.92 Å². The van der Waals surface area contributed by atoms with Crippen molar-refractivity contribution in [1.29, 1.82) is 0 Å². The van der Waals surface area contributed by atoms with Gasteiger partial charge in [0.1, 0.15) is 0 Å². The van der Waals surface area contributed by atoms with Crippen LogP contribution in [0.25, 0.3) is 0 Å². The van der Waals surface area contributed by atoms with E-state index in [1.165, 1.54) is 32.1 Å². The molecular weight excluding hydrogens is 188 g/mol. The first kappa shape index (κ1) is 12.5. The van der Waals surface area contributed by atoms with Gasteiger partial charge in [0, 0.05) is 12.6 Å². The summed E-state index contributed by atoms with van der Waals surface area (Å²) in [7, 11) is 1.90. The molecule has 0 radical (unpaired) electrons. The monoisotopic (exact) mass is 212 g/mol. The number of hydrogen-bond acceptors (Lipinski definition) is 2. The quantitative estimate of drug-likeness (QED) is 0.728. The first-order valence-electron chi connectivity index (χ1n) is 6.23. The minimum atomic E-state index is 0.136. The molecule has 88 valence electrons. The molecule has 0 aromatic heterocycles. The fourth-order valence-corrected chi connectivity index (χ4v) is 2.23. The van der Waals surface area contributed by atoms with Crippen molar-refractivity contribution >= 4 is 5.91 Å². The number of rotatable bonds is 5. The maximum atomic E-state index is 11.9. The number of amides is 1. The first-order chi connectivity index (χ1) is 7.27. The zero-order valence-electron chi connectivity index (χ0n) is 10.0. The van der Waals surface area contributed by atoms with Gasteiger partial charge in [-0.15, -0.1) is 0 Å². The topological polar surface area (TPSA) is 41.1 Å². The summed E-state index contributed by atoms with van der Waals surface area (Å²) < 4.78 is 0. The summed E-state index contributed by atoms with van der Waals surface area (Å²) in [6.07, 6.45) is 7.13. The van der Waals surface area contributed by atoms with E-state index < -0.39 is 0 Å². The Balaban J connectivity index is 2.31. The van der Waals surface area contributed by atoms with Gasteiger partial charge in [0.2, 0.25) is 5.91 Å². The maximum absolute atomic E-state index is 11.9. The summed E-state index contributed by atoms with van der Waals surface area (Å²) in [6.45, 7) is 2.86. The average Bonchev–Trinajstić information content (AvgIpc) is 2.27. The Kier molecular flexibility index (Phi) is 5.69. The zero-order chi connectivity index (χ0) is 11.1. The maximum Gasteiger partial charge on any atom is 0.224 e. The van der Waals surface area contributed by atoms with Crippen molar-refractivity contribution < 1.29 is 4.79 Å². The minimum Gasteiger partial charge on any atom is -0.353 e. The Labute approximate surface area is 93.0 Å². The Morgan fingerprint density at radius 2 is 2.00 bits per heavy atom. The van der Waals surface area contributed by atoms with E-state index >= 15 is 0 Å². The molecule has 1 atom stereocenters. The summed E-state index contributed by atoms with van der Waals surface area (Å²) in [6, 6.07) is 0.442. The molecule has 1 fully saturated rings. The highest BCUT2D eigenvalue weighted by Gasteiger charge is 2.20. The third-order valence-electron chi connectivity index (χ3n) is 3.27. The van der Waals surface area contributed by atoms with Crippen LogP contribution in [0.5, 0.6) is 0 Å². The molecule has 2 N–H and O–H groups in total. The second kappa shape index (κ2) is 6.83. The van der Waals surface area contributed by atoms with Gasteiger partial charge in [-0.1, -0.05) is 26.2 Å². The lowest BCUT2D eigenvalue weighted by Crippen LogP contribution is -2.42. The molecule has 1 aliphatic carbocycles. The Bertz CT molecular complexity index is 188. The van der Waals surface area contributed by atoms with Gasteiger partial charge in [0.15, 0.2) is 0 Å². The molecule has 3 nitrogen and oxygen atoms in total. The van der Waals surface area contributed by atoms with Gasteiger partial charge >= 0.3 is 0 Å². The van der Waals surface area contributed by atoms with Crippen LogP contribution in [0.1, 0.15) is 45.4 Å². The van der Waals surface area contributed by atoms with Crippen LogP contribution in [0, 0.1) is 5.92 Å². The van der Waals surface area contributed by atoms with Gasteiger partial charge in [-0.2, -0.15) is 0 Å².